The fourth-order valence-electron chi connectivity index (χ4n) is 1.48. The molecule has 0 aliphatic rings. The number of aromatic nitrogens is 1. The third-order valence-corrected chi connectivity index (χ3v) is 3.03. The molecule has 0 aliphatic heterocycles. The molecule has 0 amide bonds. The lowest BCUT2D eigenvalue weighted by atomic mass is 10.2. The van der Waals surface area contributed by atoms with E-state index in [1.807, 2.05) is 24.4 Å². The van der Waals surface area contributed by atoms with Crippen molar-refractivity contribution < 1.29 is 4.42 Å². The van der Waals surface area contributed by atoms with Gasteiger partial charge in [0.1, 0.15) is 5.76 Å². The summed E-state index contributed by atoms with van der Waals surface area (Å²) in [5, 5.41) is 3.38. The van der Waals surface area contributed by atoms with Gasteiger partial charge in [-0.25, -0.2) is 0 Å². The first-order valence-corrected chi connectivity index (χ1v) is 5.92. The molecule has 1 unspecified atom stereocenters. The molecule has 1 atom stereocenters. The van der Waals surface area contributed by atoms with Crippen molar-refractivity contribution in [3.63, 3.8) is 0 Å². The number of furan rings is 1. The van der Waals surface area contributed by atoms with Crippen molar-refractivity contribution in [2.75, 3.05) is 0 Å². The van der Waals surface area contributed by atoms with E-state index in [2.05, 4.69) is 33.2 Å². The minimum atomic E-state index is 0.171. The summed E-state index contributed by atoms with van der Waals surface area (Å²) in [6.07, 6.45) is 5.31. The third kappa shape index (κ3) is 2.71. The van der Waals surface area contributed by atoms with Crippen molar-refractivity contribution in [2.45, 2.75) is 19.5 Å². The smallest absolute Gasteiger partial charge is 0.134 e. The standard InChI is InChI=1S/C12H13BrN2O/c1-9(12-11(13)4-6-16-12)15-8-10-3-2-5-14-7-10/h2-7,9,15H,8H2,1H3. The zero-order valence-corrected chi connectivity index (χ0v) is 10.6. The number of rotatable bonds is 4. The van der Waals surface area contributed by atoms with Crippen LogP contribution in [0, 0.1) is 0 Å². The van der Waals surface area contributed by atoms with Crippen LogP contribution in [0.5, 0.6) is 0 Å². The van der Waals surface area contributed by atoms with E-state index in [0.29, 0.717) is 0 Å². The molecule has 0 saturated heterocycles. The Morgan fingerprint density at radius 1 is 1.50 bits per heavy atom. The summed E-state index contributed by atoms with van der Waals surface area (Å²) >= 11 is 3.45. The number of hydrogen-bond acceptors (Lipinski definition) is 3. The highest BCUT2D eigenvalue weighted by Crippen LogP contribution is 2.24. The van der Waals surface area contributed by atoms with E-state index < -0.39 is 0 Å². The minimum absolute atomic E-state index is 0.171. The van der Waals surface area contributed by atoms with Gasteiger partial charge in [0, 0.05) is 18.9 Å². The van der Waals surface area contributed by atoms with Crippen LogP contribution < -0.4 is 5.32 Å². The van der Waals surface area contributed by atoms with E-state index >= 15 is 0 Å². The first-order chi connectivity index (χ1) is 7.77. The zero-order chi connectivity index (χ0) is 11.4. The van der Waals surface area contributed by atoms with Gasteiger partial charge in [-0.2, -0.15) is 0 Å². The first-order valence-electron chi connectivity index (χ1n) is 5.12. The van der Waals surface area contributed by atoms with Crippen LogP contribution in [0.1, 0.15) is 24.3 Å². The SMILES string of the molecule is CC(NCc1cccnc1)c1occc1Br. The Balaban J connectivity index is 1.94. The van der Waals surface area contributed by atoms with Crippen LogP contribution in [-0.2, 0) is 6.54 Å². The van der Waals surface area contributed by atoms with E-state index in [4.69, 9.17) is 4.42 Å². The van der Waals surface area contributed by atoms with Crippen LogP contribution in [-0.4, -0.2) is 4.98 Å². The van der Waals surface area contributed by atoms with Crippen LogP contribution in [0.25, 0.3) is 0 Å². The predicted molar refractivity (Wildman–Crippen MR) is 65.9 cm³/mol. The van der Waals surface area contributed by atoms with Gasteiger partial charge in [-0.05, 0) is 40.5 Å². The van der Waals surface area contributed by atoms with E-state index in [1.165, 1.54) is 0 Å². The largest absolute Gasteiger partial charge is 0.466 e. The summed E-state index contributed by atoms with van der Waals surface area (Å²) in [5.41, 5.74) is 1.16. The summed E-state index contributed by atoms with van der Waals surface area (Å²) in [5.74, 6) is 0.920. The maximum atomic E-state index is 5.39. The van der Waals surface area contributed by atoms with Crippen molar-refractivity contribution >= 4 is 15.9 Å². The quantitative estimate of drug-likeness (QED) is 0.934. The molecule has 0 bridgehead atoms. The third-order valence-electron chi connectivity index (χ3n) is 2.37. The minimum Gasteiger partial charge on any atom is -0.466 e. The van der Waals surface area contributed by atoms with Crippen molar-refractivity contribution in [2.24, 2.45) is 0 Å². The van der Waals surface area contributed by atoms with Crippen molar-refractivity contribution in [3.05, 3.63) is 52.7 Å². The second kappa shape index (κ2) is 5.27. The van der Waals surface area contributed by atoms with E-state index in [1.54, 1.807) is 12.5 Å². The Labute approximate surface area is 103 Å². The Kier molecular flexibility index (Phi) is 3.74. The first kappa shape index (κ1) is 11.4. The average molecular weight is 281 g/mol. The molecule has 4 heteroatoms. The summed E-state index contributed by atoms with van der Waals surface area (Å²) in [6, 6.07) is 6.05. The molecule has 0 fully saturated rings. The maximum Gasteiger partial charge on any atom is 0.134 e. The molecule has 2 aromatic heterocycles. The molecule has 0 aromatic carbocycles. The van der Waals surface area contributed by atoms with Gasteiger partial charge in [0.15, 0.2) is 0 Å². The Hall–Kier alpha value is -1.13. The van der Waals surface area contributed by atoms with Crippen molar-refractivity contribution in [1.82, 2.24) is 10.3 Å². The van der Waals surface area contributed by atoms with Crippen LogP contribution in [0.2, 0.25) is 0 Å². The number of pyridine rings is 1. The number of hydrogen-bond donors (Lipinski definition) is 1. The topological polar surface area (TPSA) is 38.1 Å². The molecule has 16 heavy (non-hydrogen) atoms. The van der Waals surface area contributed by atoms with Gasteiger partial charge in [-0.15, -0.1) is 0 Å². The highest BCUT2D eigenvalue weighted by molar-refractivity contribution is 9.10. The molecule has 0 spiro atoms. The molecule has 0 saturated carbocycles. The number of nitrogens with zero attached hydrogens (tertiary/aromatic N) is 1. The molecule has 0 aliphatic carbocycles. The van der Waals surface area contributed by atoms with Gasteiger partial charge in [-0.1, -0.05) is 6.07 Å². The highest BCUT2D eigenvalue weighted by Gasteiger charge is 2.11. The fraction of sp³-hybridized carbons (Fsp3) is 0.250. The van der Waals surface area contributed by atoms with Gasteiger partial charge < -0.3 is 9.73 Å². The van der Waals surface area contributed by atoms with E-state index in [9.17, 15) is 0 Å². The summed E-state index contributed by atoms with van der Waals surface area (Å²) in [4.78, 5) is 4.07. The lowest BCUT2D eigenvalue weighted by Crippen LogP contribution is -2.17. The molecule has 1 N–H and O–H groups in total. The normalized spacial score (nSPS) is 12.6. The van der Waals surface area contributed by atoms with E-state index in [0.717, 1.165) is 22.3 Å². The second-order valence-corrected chi connectivity index (χ2v) is 4.45. The van der Waals surface area contributed by atoms with Gasteiger partial charge in [0.25, 0.3) is 0 Å². The fourth-order valence-corrected chi connectivity index (χ4v) is 2.03. The molecule has 0 radical (unpaired) electrons. The van der Waals surface area contributed by atoms with Crippen LogP contribution in [0.4, 0.5) is 0 Å². The van der Waals surface area contributed by atoms with E-state index in [-0.39, 0.29) is 6.04 Å². The molecule has 2 rings (SSSR count). The summed E-state index contributed by atoms with van der Waals surface area (Å²) in [6.45, 7) is 2.85. The zero-order valence-electron chi connectivity index (χ0n) is 8.98. The molecule has 2 aromatic rings. The van der Waals surface area contributed by atoms with Crippen molar-refractivity contribution in [1.29, 1.82) is 0 Å². The van der Waals surface area contributed by atoms with Crippen LogP contribution in [0.3, 0.4) is 0 Å². The van der Waals surface area contributed by atoms with Gasteiger partial charge >= 0.3 is 0 Å². The van der Waals surface area contributed by atoms with Crippen LogP contribution in [0.15, 0.2) is 45.7 Å². The van der Waals surface area contributed by atoms with Gasteiger partial charge in [0.05, 0.1) is 16.8 Å². The molecule has 84 valence electrons. The number of nitrogens with one attached hydrogen (secondary N) is 1. The Morgan fingerprint density at radius 2 is 2.38 bits per heavy atom. The Morgan fingerprint density at radius 3 is 3.00 bits per heavy atom. The molecule has 3 nitrogen and oxygen atoms in total. The van der Waals surface area contributed by atoms with Crippen LogP contribution >= 0.6 is 15.9 Å². The molecular weight excluding hydrogens is 268 g/mol. The summed E-state index contributed by atoms with van der Waals surface area (Å²) in [7, 11) is 0. The lowest BCUT2D eigenvalue weighted by Gasteiger charge is -2.11. The van der Waals surface area contributed by atoms with Gasteiger partial charge in [-0.3, -0.25) is 4.98 Å². The van der Waals surface area contributed by atoms with Gasteiger partial charge in [0.2, 0.25) is 0 Å². The maximum absolute atomic E-state index is 5.39. The van der Waals surface area contributed by atoms with Crippen molar-refractivity contribution in [3.8, 4) is 0 Å². The lowest BCUT2D eigenvalue weighted by molar-refractivity contribution is 0.428. The Bertz CT molecular complexity index is 441. The monoisotopic (exact) mass is 280 g/mol. The highest BCUT2D eigenvalue weighted by atomic mass is 79.9. The average Bonchev–Trinajstić information content (AvgIpc) is 2.74. The number of halogens is 1. The summed E-state index contributed by atoms with van der Waals surface area (Å²) < 4.78 is 6.39. The predicted octanol–water partition coefficient (Wildman–Crippen LogP) is 3.29. The second-order valence-electron chi connectivity index (χ2n) is 3.60. The molecule has 2 heterocycles. The molecular formula is C12H13BrN2O.